The van der Waals surface area contributed by atoms with E-state index in [9.17, 15) is 4.39 Å². The number of methoxy groups -OCH3 is 1. The molecule has 0 aliphatic rings. The molecule has 0 spiro atoms. The van der Waals surface area contributed by atoms with Gasteiger partial charge in [0, 0.05) is 17.3 Å². The van der Waals surface area contributed by atoms with Crippen LogP contribution in [-0.4, -0.2) is 12.1 Å². The molecule has 0 bridgehead atoms. The van der Waals surface area contributed by atoms with Gasteiger partial charge in [-0.1, -0.05) is 6.07 Å². The third-order valence-electron chi connectivity index (χ3n) is 3.10. The van der Waals surface area contributed by atoms with E-state index in [0.717, 1.165) is 16.9 Å². The summed E-state index contributed by atoms with van der Waals surface area (Å²) in [5.41, 5.74) is 8.47. The average molecular weight is 276 g/mol. The molecule has 0 radical (unpaired) electrons. The molecule has 4 nitrogen and oxygen atoms in total. The van der Waals surface area contributed by atoms with Gasteiger partial charge in [0.2, 0.25) is 0 Å². The van der Waals surface area contributed by atoms with Crippen molar-refractivity contribution in [3.63, 3.8) is 0 Å². The standard InChI is InChI=1S/C15H17FN2O2/c1-9-7-18-13(10(2)14(9)19-3)8-20-15-11(16)5-4-6-12(15)17/h4-7H,8,17H2,1-3H3. The lowest BCUT2D eigenvalue weighted by atomic mass is 10.1. The fourth-order valence-electron chi connectivity index (χ4n) is 2.03. The number of aryl methyl sites for hydroxylation is 1. The van der Waals surface area contributed by atoms with Crippen LogP contribution in [-0.2, 0) is 6.61 Å². The minimum Gasteiger partial charge on any atom is -0.496 e. The van der Waals surface area contributed by atoms with E-state index in [1.165, 1.54) is 12.1 Å². The van der Waals surface area contributed by atoms with Gasteiger partial charge >= 0.3 is 0 Å². The van der Waals surface area contributed by atoms with Crippen molar-refractivity contribution < 1.29 is 13.9 Å². The number of nitrogens with two attached hydrogens (primary N) is 1. The van der Waals surface area contributed by atoms with Gasteiger partial charge in [-0.2, -0.15) is 0 Å². The third-order valence-corrected chi connectivity index (χ3v) is 3.10. The lowest BCUT2D eigenvalue weighted by Gasteiger charge is -2.14. The van der Waals surface area contributed by atoms with Crippen LogP contribution in [0.25, 0.3) is 0 Å². The van der Waals surface area contributed by atoms with Crippen LogP contribution < -0.4 is 15.2 Å². The molecule has 0 fully saturated rings. The summed E-state index contributed by atoms with van der Waals surface area (Å²) in [6, 6.07) is 4.44. The van der Waals surface area contributed by atoms with Crippen LogP contribution in [0.1, 0.15) is 16.8 Å². The monoisotopic (exact) mass is 276 g/mol. The number of nitrogen functional groups attached to an aromatic ring is 1. The molecular weight excluding hydrogens is 259 g/mol. The van der Waals surface area contributed by atoms with Crippen LogP contribution in [0.2, 0.25) is 0 Å². The van der Waals surface area contributed by atoms with Crippen molar-refractivity contribution in [2.24, 2.45) is 0 Å². The Balaban J connectivity index is 2.24. The number of halogens is 1. The Morgan fingerprint density at radius 2 is 2.00 bits per heavy atom. The Morgan fingerprint density at radius 1 is 1.25 bits per heavy atom. The van der Waals surface area contributed by atoms with Crippen LogP contribution in [0, 0.1) is 19.7 Å². The quantitative estimate of drug-likeness (QED) is 0.872. The van der Waals surface area contributed by atoms with Gasteiger partial charge in [0.25, 0.3) is 0 Å². The molecule has 0 unspecified atom stereocenters. The maximum Gasteiger partial charge on any atom is 0.178 e. The van der Waals surface area contributed by atoms with Crippen LogP contribution in [0.4, 0.5) is 10.1 Å². The van der Waals surface area contributed by atoms with Crippen molar-refractivity contribution in [1.82, 2.24) is 4.98 Å². The minimum atomic E-state index is -0.485. The number of pyridine rings is 1. The summed E-state index contributed by atoms with van der Waals surface area (Å²) in [4.78, 5) is 4.29. The molecule has 2 N–H and O–H groups in total. The first-order valence-electron chi connectivity index (χ1n) is 6.20. The van der Waals surface area contributed by atoms with Crippen molar-refractivity contribution in [2.75, 3.05) is 12.8 Å². The van der Waals surface area contributed by atoms with Crippen molar-refractivity contribution in [3.05, 3.63) is 47.0 Å². The lowest BCUT2D eigenvalue weighted by molar-refractivity contribution is 0.285. The molecule has 5 heteroatoms. The predicted molar refractivity (Wildman–Crippen MR) is 75.4 cm³/mol. The number of aromatic nitrogens is 1. The topological polar surface area (TPSA) is 57.4 Å². The second-order valence-corrected chi connectivity index (χ2v) is 4.49. The van der Waals surface area contributed by atoms with Gasteiger partial charge in [-0.15, -0.1) is 0 Å². The van der Waals surface area contributed by atoms with Crippen molar-refractivity contribution in [2.45, 2.75) is 20.5 Å². The van der Waals surface area contributed by atoms with Gasteiger partial charge in [-0.3, -0.25) is 4.98 Å². The highest BCUT2D eigenvalue weighted by atomic mass is 19.1. The van der Waals surface area contributed by atoms with Gasteiger partial charge in [0.1, 0.15) is 12.4 Å². The number of para-hydroxylation sites is 1. The molecule has 0 saturated carbocycles. The summed E-state index contributed by atoms with van der Waals surface area (Å²) in [6.07, 6.45) is 1.70. The van der Waals surface area contributed by atoms with E-state index >= 15 is 0 Å². The molecule has 106 valence electrons. The molecule has 2 rings (SSSR count). The van der Waals surface area contributed by atoms with E-state index < -0.39 is 5.82 Å². The number of rotatable bonds is 4. The van der Waals surface area contributed by atoms with Gasteiger partial charge < -0.3 is 15.2 Å². The molecule has 0 saturated heterocycles. The SMILES string of the molecule is COc1c(C)cnc(COc2c(N)cccc2F)c1C. The molecular formula is C15H17FN2O2. The number of benzene rings is 1. The normalized spacial score (nSPS) is 10.4. The van der Waals surface area contributed by atoms with E-state index in [2.05, 4.69) is 4.98 Å². The van der Waals surface area contributed by atoms with E-state index in [4.69, 9.17) is 15.2 Å². The van der Waals surface area contributed by atoms with E-state index in [1.54, 1.807) is 19.4 Å². The molecule has 1 heterocycles. The number of anilines is 1. The van der Waals surface area contributed by atoms with Crippen LogP contribution in [0.5, 0.6) is 11.5 Å². The first-order chi connectivity index (χ1) is 9.54. The number of ether oxygens (including phenoxy) is 2. The molecule has 0 atom stereocenters. The zero-order valence-corrected chi connectivity index (χ0v) is 11.7. The zero-order chi connectivity index (χ0) is 14.7. The summed E-state index contributed by atoms with van der Waals surface area (Å²) < 4.78 is 24.4. The van der Waals surface area contributed by atoms with Crippen molar-refractivity contribution in [3.8, 4) is 11.5 Å². The van der Waals surface area contributed by atoms with Crippen molar-refractivity contribution in [1.29, 1.82) is 0 Å². The second-order valence-electron chi connectivity index (χ2n) is 4.49. The van der Waals surface area contributed by atoms with Gasteiger partial charge in [-0.05, 0) is 26.0 Å². The van der Waals surface area contributed by atoms with Gasteiger partial charge in [0.15, 0.2) is 11.6 Å². The Labute approximate surface area is 117 Å². The fourth-order valence-corrected chi connectivity index (χ4v) is 2.03. The van der Waals surface area contributed by atoms with Crippen LogP contribution in [0.15, 0.2) is 24.4 Å². The summed E-state index contributed by atoms with van der Waals surface area (Å²) >= 11 is 0. The molecule has 1 aromatic carbocycles. The molecule has 2 aromatic rings. The molecule has 0 aliphatic carbocycles. The van der Waals surface area contributed by atoms with Gasteiger partial charge in [0.05, 0.1) is 18.5 Å². The van der Waals surface area contributed by atoms with E-state index in [0.29, 0.717) is 5.69 Å². The number of nitrogens with zero attached hydrogens (tertiary/aromatic N) is 1. The molecule has 0 aliphatic heterocycles. The first-order valence-corrected chi connectivity index (χ1v) is 6.20. The highest BCUT2D eigenvalue weighted by molar-refractivity contribution is 5.53. The second kappa shape index (κ2) is 5.77. The Morgan fingerprint density at radius 3 is 2.65 bits per heavy atom. The summed E-state index contributed by atoms with van der Waals surface area (Å²) in [5.74, 6) is 0.329. The maximum atomic E-state index is 13.6. The van der Waals surface area contributed by atoms with Crippen molar-refractivity contribution >= 4 is 5.69 Å². The van der Waals surface area contributed by atoms with E-state index in [1.807, 2.05) is 13.8 Å². The lowest BCUT2D eigenvalue weighted by Crippen LogP contribution is -2.06. The summed E-state index contributed by atoms with van der Waals surface area (Å²) in [6.45, 7) is 3.94. The highest BCUT2D eigenvalue weighted by Gasteiger charge is 2.12. The summed E-state index contributed by atoms with van der Waals surface area (Å²) in [7, 11) is 1.61. The Kier molecular flexibility index (Phi) is 4.08. The summed E-state index contributed by atoms with van der Waals surface area (Å²) in [5, 5.41) is 0. The zero-order valence-electron chi connectivity index (χ0n) is 11.7. The Hall–Kier alpha value is -2.30. The van der Waals surface area contributed by atoms with Gasteiger partial charge in [-0.25, -0.2) is 4.39 Å². The largest absolute Gasteiger partial charge is 0.496 e. The number of hydrogen-bond acceptors (Lipinski definition) is 4. The molecule has 20 heavy (non-hydrogen) atoms. The maximum absolute atomic E-state index is 13.6. The van der Waals surface area contributed by atoms with Crippen LogP contribution in [0.3, 0.4) is 0 Å². The Bertz CT molecular complexity index is 609. The predicted octanol–water partition coefficient (Wildman–Crippen LogP) is 3.01. The van der Waals surface area contributed by atoms with E-state index in [-0.39, 0.29) is 18.0 Å². The molecule has 0 amide bonds. The first kappa shape index (κ1) is 14.1. The van der Waals surface area contributed by atoms with Crippen LogP contribution >= 0.6 is 0 Å². The smallest absolute Gasteiger partial charge is 0.178 e. The average Bonchev–Trinajstić information content (AvgIpc) is 2.41. The molecule has 1 aromatic heterocycles. The number of hydrogen-bond donors (Lipinski definition) is 1. The highest BCUT2D eigenvalue weighted by Crippen LogP contribution is 2.28. The minimum absolute atomic E-state index is 0.0493. The fraction of sp³-hybridized carbons (Fsp3) is 0.267. The third kappa shape index (κ3) is 2.66.